The highest BCUT2D eigenvalue weighted by Gasteiger charge is 2.32. The molecular weight excluding hydrogens is 126 g/mol. The van der Waals surface area contributed by atoms with Gasteiger partial charge in [-0.25, -0.2) is 0 Å². The van der Waals surface area contributed by atoms with Crippen LogP contribution in [0.3, 0.4) is 0 Å². The zero-order valence-electron chi connectivity index (χ0n) is 6.68. The summed E-state index contributed by atoms with van der Waals surface area (Å²) in [5.74, 6) is 1.19. The van der Waals surface area contributed by atoms with Crippen molar-refractivity contribution in [2.45, 2.75) is 26.7 Å². The van der Waals surface area contributed by atoms with Crippen molar-refractivity contribution in [3.05, 3.63) is 0 Å². The predicted molar refractivity (Wildman–Crippen MR) is 40.6 cm³/mol. The first-order chi connectivity index (χ1) is 4.75. The molecule has 0 spiro atoms. The number of hydrogen-bond acceptors (Lipinski definition) is 1. The third kappa shape index (κ3) is 1.31. The molecule has 1 aliphatic rings. The lowest BCUT2D eigenvalue weighted by Crippen LogP contribution is -2.39. The molecule has 0 aromatic heterocycles. The number of nitrogens with one attached hydrogen (secondary N) is 1. The Morgan fingerprint density at radius 1 is 1.60 bits per heavy atom. The molecule has 1 aliphatic carbocycles. The average Bonchev–Trinajstić information content (AvgIpc) is 1.85. The number of carbonyl (C=O) groups is 1. The van der Waals surface area contributed by atoms with Gasteiger partial charge in [-0.15, -0.1) is 0 Å². The normalized spacial score (nSPS) is 31.0. The van der Waals surface area contributed by atoms with Crippen molar-refractivity contribution >= 4 is 5.91 Å². The van der Waals surface area contributed by atoms with Crippen molar-refractivity contribution in [2.24, 2.45) is 11.8 Å². The molecule has 2 atom stereocenters. The van der Waals surface area contributed by atoms with Crippen LogP contribution in [0.5, 0.6) is 0 Å². The zero-order chi connectivity index (χ0) is 7.56. The van der Waals surface area contributed by atoms with Gasteiger partial charge in [-0.2, -0.15) is 0 Å². The Morgan fingerprint density at radius 3 is 2.60 bits per heavy atom. The van der Waals surface area contributed by atoms with E-state index in [4.69, 9.17) is 0 Å². The second-order valence-corrected chi connectivity index (χ2v) is 3.06. The Hall–Kier alpha value is -0.530. The first kappa shape index (κ1) is 7.58. The van der Waals surface area contributed by atoms with Crippen LogP contribution in [-0.4, -0.2) is 12.5 Å². The standard InChI is InChI=1S/C8H15NO/c1-3-9-8(10)7-5-4-6(7)2/h6-7H,3-5H2,1-2H3,(H,9,10)/t6-,7-/m1/s1. The highest BCUT2D eigenvalue weighted by molar-refractivity contribution is 5.79. The minimum absolute atomic E-state index is 0.251. The van der Waals surface area contributed by atoms with E-state index in [9.17, 15) is 4.79 Å². The molecule has 1 fully saturated rings. The molecule has 1 amide bonds. The van der Waals surface area contributed by atoms with Crippen LogP contribution in [0.4, 0.5) is 0 Å². The molecular formula is C8H15NO. The highest BCUT2D eigenvalue weighted by Crippen LogP contribution is 2.33. The number of carbonyl (C=O) groups excluding carboxylic acids is 1. The van der Waals surface area contributed by atoms with Crippen molar-refractivity contribution in [3.63, 3.8) is 0 Å². The molecule has 2 nitrogen and oxygen atoms in total. The van der Waals surface area contributed by atoms with E-state index in [1.165, 1.54) is 6.42 Å². The lowest BCUT2D eigenvalue weighted by atomic mass is 9.74. The summed E-state index contributed by atoms with van der Waals surface area (Å²) in [6.45, 7) is 4.87. The van der Waals surface area contributed by atoms with Gasteiger partial charge in [-0.3, -0.25) is 4.79 Å². The fourth-order valence-electron chi connectivity index (χ4n) is 1.36. The van der Waals surface area contributed by atoms with Crippen LogP contribution >= 0.6 is 0 Å². The van der Waals surface area contributed by atoms with Crippen LogP contribution in [0.25, 0.3) is 0 Å². The van der Waals surface area contributed by atoms with Gasteiger partial charge >= 0.3 is 0 Å². The Morgan fingerprint density at radius 2 is 2.30 bits per heavy atom. The van der Waals surface area contributed by atoms with Crippen molar-refractivity contribution in [3.8, 4) is 0 Å². The molecule has 0 unspecified atom stereocenters. The molecule has 0 aliphatic heterocycles. The number of amides is 1. The van der Waals surface area contributed by atoms with Gasteiger partial charge in [0.25, 0.3) is 0 Å². The van der Waals surface area contributed by atoms with E-state index >= 15 is 0 Å². The second kappa shape index (κ2) is 3.04. The topological polar surface area (TPSA) is 29.1 Å². The summed E-state index contributed by atoms with van der Waals surface area (Å²) in [6, 6.07) is 0. The summed E-state index contributed by atoms with van der Waals surface area (Å²) in [7, 11) is 0. The monoisotopic (exact) mass is 141 g/mol. The maximum atomic E-state index is 11.1. The zero-order valence-corrected chi connectivity index (χ0v) is 6.68. The number of rotatable bonds is 2. The molecule has 10 heavy (non-hydrogen) atoms. The summed E-state index contributed by atoms with van der Waals surface area (Å²) >= 11 is 0. The Balaban J connectivity index is 2.27. The van der Waals surface area contributed by atoms with Gasteiger partial charge in [0.2, 0.25) is 5.91 Å². The molecule has 0 radical (unpaired) electrons. The minimum Gasteiger partial charge on any atom is -0.356 e. The van der Waals surface area contributed by atoms with Crippen molar-refractivity contribution < 1.29 is 4.79 Å². The van der Waals surface area contributed by atoms with Gasteiger partial charge < -0.3 is 5.32 Å². The van der Waals surface area contributed by atoms with Gasteiger partial charge in [-0.1, -0.05) is 6.92 Å². The average molecular weight is 141 g/mol. The third-order valence-corrected chi connectivity index (χ3v) is 2.31. The predicted octanol–water partition coefficient (Wildman–Crippen LogP) is 1.17. The van der Waals surface area contributed by atoms with Crippen molar-refractivity contribution in [1.29, 1.82) is 0 Å². The fourth-order valence-corrected chi connectivity index (χ4v) is 1.36. The minimum atomic E-state index is 0.251. The second-order valence-electron chi connectivity index (χ2n) is 3.06. The highest BCUT2D eigenvalue weighted by atomic mass is 16.1. The smallest absolute Gasteiger partial charge is 0.223 e. The fraction of sp³-hybridized carbons (Fsp3) is 0.875. The van der Waals surface area contributed by atoms with Crippen molar-refractivity contribution in [2.75, 3.05) is 6.54 Å². The van der Waals surface area contributed by atoms with E-state index in [1.54, 1.807) is 0 Å². The summed E-state index contributed by atoms with van der Waals surface area (Å²) in [5.41, 5.74) is 0. The molecule has 2 heteroatoms. The van der Waals surface area contributed by atoms with Crippen LogP contribution in [0, 0.1) is 11.8 Å². The van der Waals surface area contributed by atoms with Crippen LogP contribution < -0.4 is 5.32 Å². The summed E-state index contributed by atoms with van der Waals surface area (Å²) in [5, 5.41) is 2.84. The molecule has 0 aromatic rings. The first-order valence-corrected chi connectivity index (χ1v) is 4.03. The van der Waals surface area contributed by atoms with E-state index in [-0.39, 0.29) is 5.91 Å². The van der Waals surface area contributed by atoms with Crippen molar-refractivity contribution in [1.82, 2.24) is 5.32 Å². The van der Waals surface area contributed by atoms with E-state index in [0.29, 0.717) is 11.8 Å². The number of hydrogen-bond donors (Lipinski definition) is 1. The molecule has 0 saturated heterocycles. The molecule has 58 valence electrons. The maximum Gasteiger partial charge on any atom is 0.223 e. The lowest BCUT2D eigenvalue weighted by molar-refractivity contribution is -0.129. The largest absolute Gasteiger partial charge is 0.356 e. The van der Waals surface area contributed by atoms with Gasteiger partial charge in [0, 0.05) is 12.5 Å². The quantitative estimate of drug-likeness (QED) is 0.614. The summed E-state index contributed by atoms with van der Waals surface area (Å²) < 4.78 is 0. The van der Waals surface area contributed by atoms with E-state index in [2.05, 4.69) is 12.2 Å². The molecule has 0 heterocycles. The van der Waals surface area contributed by atoms with Gasteiger partial charge in [0.1, 0.15) is 0 Å². The summed E-state index contributed by atoms with van der Waals surface area (Å²) in [4.78, 5) is 11.1. The Bertz CT molecular complexity index is 133. The van der Waals surface area contributed by atoms with Gasteiger partial charge in [-0.05, 0) is 25.7 Å². The molecule has 0 aromatic carbocycles. The van der Waals surface area contributed by atoms with Crippen LogP contribution in [0.2, 0.25) is 0 Å². The van der Waals surface area contributed by atoms with Gasteiger partial charge in [0.05, 0.1) is 0 Å². The maximum absolute atomic E-state index is 11.1. The molecule has 1 saturated carbocycles. The molecule has 1 N–H and O–H groups in total. The van der Waals surface area contributed by atoms with E-state index in [0.717, 1.165) is 13.0 Å². The van der Waals surface area contributed by atoms with Crippen LogP contribution in [-0.2, 0) is 4.79 Å². The Kier molecular flexibility index (Phi) is 2.30. The lowest BCUT2D eigenvalue weighted by Gasteiger charge is -2.32. The van der Waals surface area contributed by atoms with E-state index in [1.807, 2.05) is 6.92 Å². The van der Waals surface area contributed by atoms with Gasteiger partial charge in [0.15, 0.2) is 0 Å². The third-order valence-electron chi connectivity index (χ3n) is 2.31. The van der Waals surface area contributed by atoms with E-state index < -0.39 is 0 Å². The Labute approximate surface area is 62.0 Å². The first-order valence-electron chi connectivity index (χ1n) is 4.03. The SMILES string of the molecule is CCNC(=O)[C@@H]1CC[C@H]1C. The summed E-state index contributed by atoms with van der Waals surface area (Å²) in [6.07, 6.45) is 2.31. The van der Waals surface area contributed by atoms with Crippen LogP contribution in [0.15, 0.2) is 0 Å². The molecule has 1 rings (SSSR count). The molecule has 0 bridgehead atoms. The van der Waals surface area contributed by atoms with Crippen LogP contribution in [0.1, 0.15) is 26.7 Å².